The van der Waals surface area contributed by atoms with Gasteiger partial charge in [-0.1, -0.05) is 50.4 Å². The molecule has 0 aliphatic heterocycles. The number of esters is 1. The van der Waals surface area contributed by atoms with Crippen LogP contribution in [-0.4, -0.2) is 86.8 Å². The average molecular weight is 1410 g/mol. The van der Waals surface area contributed by atoms with E-state index in [2.05, 4.69) is 27.4 Å². The number of halogens is 11. The van der Waals surface area contributed by atoms with Crippen LogP contribution in [0.15, 0.2) is 54.6 Å². The first-order valence-corrected chi connectivity index (χ1v) is 34.2. The van der Waals surface area contributed by atoms with Gasteiger partial charge in [0.1, 0.15) is 58.4 Å². The zero-order valence-electron chi connectivity index (χ0n) is 55.4. The summed E-state index contributed by atoms with van der Waals surface area (Å²) in [6.45, 7) is 22.7. The predicted molar refractivity (Wildman–Crippen MR) is 345 cm³/mol. The van der Waals surface area contributed by atoms with Crippen LogP contribution < -0.4 is 14.1 Å². The third kappa shape index (κ3) is 17.5. The van der Waals surface area contributed by atoms with E-state index in [-0.39, 0.29) is 60.9 Å². The summed E-state index contributed by atoms with van der Waals surface area (Å²) in [7, 11) is -4.72. The van der Waals surface area contributed by atoms with Crippen LogP contribution in [-0.2, 0) is 82.6 Å². The topological polar surface area (TPSA) is 169 Å². The lowest BCUT2D eigenvalue weighted by Crippen LogP contribution is -2.37. The molecule has 2 aliphatic rings. The number of anilines is 1. The van der Waals surface area contributed by atoms with E-state index in [4.69, 9.17) is 34.9 Å². The number of carbonyl (C=O) groups is 3. The second-order valence-corrected chi connectivity index (χ2v) is 31.9. The fraction of sp³-hybridized carbons (Fsp3) is 0.515. The highest BCUT2D eigenvalue weighted by Crippen LogP contribution is 2.72. The molecule has 2 aliphatic carbocycles. The number of thioether (sulfide) groups is 1. The van der Waals surface area contributed by atoms with Crippen LogP contribution >= 0.6 is 32.0 Å². The van der Waals surface area contributed by atoms with E-state index >= 15 is 35.5 Å². The van der Waals surface area contributed by atoms with Gasteiger partial charge < -0.3 is 14.6 Å². The highest BCUT2D eigenvalue weighted by Gasteiger charge is 2.72. The number of aryl methyl sites for hydroxylation is 1. The summed E-state index contributed by atoms with van der Waals surface area (Å²) in [5.74, 6) is -6.92. The maximum Gasteiger partial charge on any atom is 0.435 e. The normalized spacial score (nSPS) is 17.3. The van der Waals surface area contributed by atoms with Gasteiger partial charge in [0.05, 0.1) is 50.0 Å². The summed E-state index contributed by atoms with van der Waals surface area (Å²) < 4.78 is 192. The second kappa shape index (κ2) is 26.8. The predicted octanol–water partition coefficient (Wildman–Crippen LogP) is 16.3. The third-order valence-electron chi connectivity index (χ3n) is 15.3. The third-order valence-corrected chi connectivity index (χ3v) is 19.4. The van der Waals surface area contributed by atoms with Gasteiger partial charge in [0.25, 0.3) is 5.92 Å². The van der Waals surface area contributed by atoms with Crippen molar-refractivity contribution in [3.05, 3.63) is 122 Å². The molecule has 1 N–H and O–H groups in total. The maximum atomic E-state index is 16.1. The fourth-order valence-corrected chi connectivity index (χ4v) is 14.1. The Balaban J connectivity index is 1.32. The quantitative estimate of drug-likeness (QED) is 0.0333. The number of rotatable bonds is 20. The molecule has 0 spiro atoms. The Morgan fingerprint density at radius 1 is 0.853 bits per heavy atom. The van der Waals surface area contributed by atoms with Gasteiger partial charge in [0.2, 0.25) is 11.8 Å². The van der Waals surface area contributed by atoms with Crippen LogP contribution in [0.1, 0.15) is 166 Å². The van der Waals surface area contributed by atoms with Gasteiger partial charge in [0, 0.05) is 58.2 Å². The molecule has 0 radical (unpaired) electrons. The highest BCUT2D eigenvalue weighted by atomic mass is 35.5. The van der Waals surface area contributed by atoms with Crippen molar-refractivity contribution < 1.29 is 80.8 Å². The number of aromatic nitrogens is 5. The van der Waals surface area contributed by atoms with Crippen LogP contribution in [0.25, 0.3) is 22.0 Å². The van der Waals surface area contributed by atoms with Crippen molar-refractivity contribution in [2.45, 2.75) is 193 Å². The number of hydrogen-bond acceptors (Lipinski definition) is 12. The van der Waals surface area contributed by atoms with Crippen LogP contribution in [0.2, 0.25) is 5.02 Å². The van der Waals surface area contributed by atoms with E-state index < -0.39 is 172 Å². The standard InChI is InChI=1S/C66H75ClF10N7O8PS2/c1-34-24-37(29-48(87)89-59(3,4)5)53(45(25-34)90-93(91-60(6,7)8)92-61(9,10)11)62(12,13)31-47(86)84(95(17)88)58-50-43(67)21-20-42(55(50)83(81-58)33-64(70,71)72)41-19-18-40(22-23-63(14,15)94-16)78-54(41)44(28-36-26-38(68)30-39(69)27-36)79-46(85)32-82-57-51(56(80-82)66(75,76)77)49-35(2)52(49)65(57,73)74/h18-21,24-27,30,35,44,49,52H,28-29,31-33H2,1-17H3,(H,79,85). The molecular formula is C66H75ClF10N7O8PS2. The lowest BCUT2D eigenvalue weighted by atomic mass is 9.77. The minimum Gasteiger partial charge on any atom is -0.460 e. The summed E-state index contributed by atoms with van der Waals surface area (Å²) in [5, 5.41) is 9.79. The van der Waals surface area contributed by atoms with Gasteiger partial charge in [-0.3, -0.25) is 32.8 Å². The molecule has 0 saturated heterocycles. The van der Waals surface area contributed by atoms with Crippen LogP contribution in [0.3, 0.4) is 0 Å². The molecule has 5 atom stereocenters. The molecule has 1 fully saturated rings. The Morgan fingerprint density at radius 3 is 2.02 bits per heavy atom. The lowest BCUT2D eigenvalue weighted by Gasteiger charge is -2.34. The van der Waals surface area contributed by atoms with Gasteiger partial charge in [-0.2, -0.15) is 45.3 Å². The summed E-state index contributed by atoms with van der Waals surface area (Å²) in [6.07, 6.45) is -9.01. The number of hydrogen-bond donors (Lipinski definition) is 1. The molecule has 29 heteroatoms. The highest BCUT2D eigenvalue weighted by molar-refractivity contribution is 8.00. The molecule has 15 nitrogen and oxygen atoms in total. The Kier molecular flexibility index (Phi) is 21.1. The van der Waals surface area contributed by atoms with E-state index in [1.54, 1.807) is 115 Å². The lowest BCUT2D eigenvalue weighted by molar-refractivity contribution is -0.154. The number of nitrogens with zero attached hydrogens (tertiary/aromatic N) is 6. The average Bonchev–Trinajstić information content (AvgIpc) is 1.50. The smallest absolute Gasteiger partial charge is 0.435 e. The summed E-state index contributed by atoms with van der Waals surface area (Å²) in [5.41, 5.74) is -7.48. The van der Waals surface area contributed by atoms with Crippen molar-refractivity contribution in [2.75, 3.05) is 16.8 Å². The minimum atomic E-state index is -5.21. The zero-order valence-corrected chi connectivity index (χ0v) is 58.7. The number of benzene rings is 3. The number of fused-ring (bicyclic) bond motifs is 4. The number of nitrogens with one attached hydrogen (secondary N) is 1. The summed E-state index contributed by atoms with van der Waals surface area (Å²) in [6, 6.07) is 9.26. The number of carbonyl (C=O) groups excluding carboxylic acids is 3. The van der Waals surface area contributed by atoms with Crippen LogP contribution in [0.5, 0.6) is 5.75 Å². The van der Waals surface area contributed by atoms with E-state index in [0.717, 1.165) is 18.4 Å². The van der Waals surface area contributed by atoms with Gasteiger partial charge in [-0.05, 0) is 161 Å². The van der Waals surface area contributed by atoms with Crippen molar-refractivity contribution in [3.8, 4) is 28.7 Å². The molecule has 95 heavy (non-hydrogen) atoms. The van der Waals surface area contributed by atoms with E-state index in [0.29, 0.717) is 26.2 Å². The van der Waals surface area contributed by atoms with Gasteiger partial charge in [-0.15, -0.1) is 11.8 Å². The molecule has 8 rings (SSSR count). The van der Waals surface area contributed by atoms with E-state index in [1.807, 2.05) is 0 Å². The number of ether oxygens (including phenoxy) is 1. The minimum absolute atomic E-state index is 0.0323. The molecule has 0 bridgehead atoms. The molecule has 5 unspecified atom stereocenters. The Hall–Kier alpha value is -6.30. The zero-order chi connectivity index (χ0) is 71.0. The number of pyridine rings is 1. The molecule has 516 valence electrons. The van der Waals surface area contributed by atoms with Crippen molar-refractivity contribution in [2.24, 2.45) is 11.8 Å². The maximum absolute atomic E-state index is 16.1. The molecular weight excluding hydrogens is 1340 g/mol. The summed E-state index contributed by atoms with van der Waals surface area (Å²) >= 11 is 8.40. The van der Waals surface area contributed by atoms with E-state index in [9.17, 15) is 27.0 Å². The van der Waals surface area contributed by atoms with Crippen molar-refractivity contribution in [1.29, 1.82) is 0 Å². The number of alkyl halides is 8. The van der Waals surface area contributed by atoms with Crippen LogP contribution in [0.4, 0.5) is 49.7 Å². The largest absolute Gasteiger partial charge is 0.460 e. The summed E-state index contributed by atoms with van der Waals surface area (Å²) in [4.78, 5) is 48.6. The number of amides is 2. The van der Waals surface area contributed by atoms with Crippen molar-refractivity contribution in [3.63, 3.8) is 0 Å². The first-order chi connectivity index (χ1) is 43.5. The second-order valence-electron chi connectivity index (χ2n) is 27.9. The molecule has 3 aromatic heterocycles. The molecule has 1 saturated carbocycles. The first-order valence-electron chi connectivity index (χ1n) is 30.0. The molecule has 3 heterocycles. The fourth-order valence-electron chi connectivity index (χ4n) is 11.7. The van der Waals surface area contributed by atoms with Gasteiger partial charge in [0.15, 0.2) is 11.5 Å². The van der Waals surface area contributed by atoms with Crippen molar-refractivity contribution >= 4 is 77.5 Å². The molecule has 2 amide bonds. The Morgan fingerprint density at radius 2 is 1.46 bits per heavy atom. The Bertz CT molecular complexity index is 4030. The first kappa shape index (κ1) is 74.5. The SMILES string of the molecule is CSC(C)(C)C#Cc1ccc(-c2ccc(Cl)c3c(N(C(=O)CC(C)(C)c4c(CC(=O)OC(C)(C)C)cc(C)cc4OP(OC(C)(C)C)OC(C)(C)C)S(C)=O)nn(CC(F)(F)F)c23)c(C(Cc2cc(F)cc(F)c2)NC(=O)Cn2nc(C(F)(F)F)c3c2C(F)(F)C2C(C)C32)n1. The Labute approximate surface area is 558 Å². The molecule has 6 aromatic rings. The van der Waals surface area contributed by atoms with Gasteiger partial charge in [-0.25, -0.2) is 22.3 Å². The van der Waals surface area contributed by atoms with Gasteiger partial charge >= 0.3 is 26.9 Å². The van der Waals surface area contributed by atoms with E-state index in [1.165, 1.54) is 43.0 Å². The van der Waals surface area contributed by atoms with Crippen LogP contribution in [0, 0.1) is 42.2 Å². The monoisotopic (exact) mass is 1410 g/mol. The van der Waals surface area contributed by atoms with Crippen molar-refractivity contribution in [1.82, 2.24) is 29.9 Å². The molecule has 3 aromatic carbocycles.